The van der Waals surface area contributed by atoms with Crippen LogP contribution in [0.3, 0.4) is 0 Å². The van der Waals surface area contributed by atoms with Crippen LogP contribution in [0.1, 0.15) is 58.9 Å². The highest BCUT2D eigenvalue weighted by atomic mass is 16.2. The maximum atomic E-state index is 12.8. The first-order valence-electron chi connectivity index (χ1n) is 8.05. The minimum Gasteiger partial charge on any atom is -0.324 e. The van der Waals surface area contributed by atoms with Crippen molar-refractivity contribution in [3.05, 3.63) is 29.8 Å². The van der Waals surface area contributed by atoms with Gasteiger partial charge in [-0.3, -0.25) is 4.79 Å². The molecule has 2 N–H and O–H groups in total. The molecule has 0 saturated carbocycles. The van der Waals surface area contributed by atoms with Crippen LogP contribution in [0.2, 0.25) is 0 Å². The quantitative estimate of drug-likeness (QED) is 0.883. The Balaban J connectivity index is 2.23. The van der Waals surface area contributed by atoms with Crippen LogP contribution in [0.25, 0.3) is 0 Å². The molecule has 0 bridgehead atoms. The first-order chi connectivity index (χ1) is 9.89. The van der Waals surface area contributed by atoms with Crippen LogP contribution in [-0.4, -0.2) is 18.0 Å². The van der Waals surface area contributed by atoms with Crippen LogP contribution < -0.4 is 10.6 Å². The smallest absolute Gasteiger partial charge is 0.244 e. The molecule has 1 aromatic carbocycles. The summed E-state index contributed by atoms with van der Waals surface area (Å²) in [5.74, 6) is 0.124. The summed E-state index contributed by atoms with van der Waals surface area (Å²) in [6, 6.07) is 8.13. The van der Waals surface area contributed by atoms with Gasteiger partial charge in [0.25, 0.3) is 0 Å². The normalized spacial score (nSPS) is 22.3. The van der Waals surface area contributed by atoms with Gasteiger partial charge in [-0.1, -0.05) is 52.3 Å². The van der Waals surface area contributed by atoms with Crippen LogP contribution in [0.4, 0.5) is 5.69 Å². The molecule has 1 aromatic rings. The standard InChI is InChI=1S/C18H28N2O/c1-5-11-18(12-8-13-19-18)16(21)20-15-10-7-6-9-14(15)17(2,3)4/h6-7,9-10,19H,5,8,11-13H2,1-4H3,(H,20,21). The zero-order chi connectivity index (χ0) is 15.5. The van der Waals surface area contributed by atoms with Crippen LogP contribution in [-0.2, 0) is 10.2 Å². The van der Waals surface area contributed by atoms with Gasteiger partial charge in [0.05, 0.1) is 5.54 Å². The number of hydrogen-bond acceptors (Lipinski definition) is 2. The first-order valence-corrected chi connectivity index (χ1v) is 8.05. The second-order valence-electron chi connectivity index (χ2n) is 7.11. The predicted octanol–water partition coefficient (Wildman–Crippen LogP) is 3.84. The van der Waals surface area contributed by atoms with Crippen LogP contribution >= 0.6 is 0 Å². The van der Waals surface area contributed by atoms with E-state index in [1.807, 2.05) is 18.2 Å². The zero-order valence-corrected chi connectivity index (χ0v) is 13.8. The molecule has 0 spiro atoms. The van der Waals surface area contributed by atoms with Gasteiger partial charge in [-0.05, 0) is 42.9 Å². The molecule has 1 atom stereocenters. The highest BCUT2D eigenvalue weighted by Gasteiger charge is 2.40. The molecule has 1 heterocycles. The molecule has 0 aliphatic carbocycles. The summed E-state index contributed by atoms with van der Waals surface area (Å²) in [5.41, 5.74) is 1.77. The number of para-hydroxylation sites is 1. The Morgan fingerprint density at radius 1 is 1.33 bits per heavy atom. The summed E-state index contributed by atoms with van der Waals surface area (Å²) >= 11 is 0. The summed E-state index contributed by atoms with van der Waals surface area (Å²) in [6.07, 6.45) is 3.93. The molecule has 2 rings (SSSR count). The van der Waals surface area contributed by atoms with Gasteiger partial charge in [0.1, 0.15) is 0 Å². The molecule has 1 saturated heterocycles. The molecule has 21 heavy (non-hydrogen) atoms. The van der Waals surface area contributed by atoms with Crippen molar-refractivity contribution in [1.29, 1.82) is 0 Å². The summed E-state index contributed by atoms with van der Waals surface area (Å²) < 4.78 is 0. The Morgan fingerprint density at radius 2 is 2.05 bits per heavy atom. The molecule has 1 fully saturated rings. The van der Waals surface area contributed by atoms with Crippen molar-refractivity contribution in [2.45, 2.75) is 64.3 Å². The Kier molecular flexibility index (Phi) is 4.72. The third kappa shape index (κ3) is 3.46. The zero-order valence-electron chi connectivity index (χ0n) is 13.8. The van der Waals surface area contributed by atoms with Crippen molar-refractivity contribution in [1.82, 2.24) is 5.32 Å². The molecule has 0 radical (unpaired) electrons. The fourth-order valence-electron chi connectivity index (χ4n) is 3.24. The topological polar surface area (TPSA) is 41.1 Å². The third-order valence-electron chi connectivity index (χ3n) is 4.34. The molecule has 1 amide bonds. The van der Waals surface area contributed by atoms with E-state index < -0.39 is 0 Å². The fraction of sp³-hybridized carbons (Fsp3) is 0.611. The molecule has 3 nitrogen and oxygen atoms in total. The average Bonchev–Trinajstić information content (AvgIpc) is 2.88. The summed E-state index contributed by atoms with van der Waals surface area (Å²) in [4.78, 5) is 12.8. The van der Waals surface area contributed by atoms with E-state index >= 15 is 0 Å². The monoisotopic (exact) mass is 288 g/mol. The lowest BCUT2D eigenvalue weighted by atomic mass is 9.85. The number of rotatable bonds is 4. The largest absolute Gasteiger partial charge is 0.324 e. The van der Waals surface area contributed by atoms with Crippen molar-refractivity contribution in [3.8, 4) is 0 Å². The van der Waals surface area contributed by atoms with Gasteiger partial charge in [-0.15, -0.1) is 0 Å². The molecular formula is C18H28N2O. The third-order valence-corrected chi connectivity index (χ3v) is 4.34. The molecule has 1 unspecified atom stereocenters. The van der Waals surface area contributed by atoms with E-state index in [9.17, 15) is 4.79 Å². The number of benzene rings is 1. The molecule has 116 valence electrons. The fourth-order valence-corrected chi connectivity index (χ4v) is 3.24. The van der Waals surface area contributed by atoms with Gasteiger partial charge in [0.2, 0.25) is 5.91 Å². The minimum atomic E-state index is -0.375. The Hall–Kier alpha value is -1.35. The highest BCUT2D eigenvalue weighted by Crippen LogP contribution is 2.31. The van der Waals surface area contributed by atoms with Crippen molar-refractivity contribution in [2.24, 2.45) is 0 Å². The van der Waals surface area contributed by atoms with E-state index in [-0.39, 0.29) is 16.9 Å². The number of hydrogen-bond donors (Lipinski definition) is 2. The van der Waals surface area contributed by atoms with E-state index in [1.165, 1.54) is 5.56 Å². The average molecular weight is 288 g/mol. The first kappa shape index (κ1) is 16.0. The lowest BCUT2D eigenvalue weighted by Crippen LogP contribution is -2.50. The molecular weight excluding hydrogens is 260 g/mol. The maximum Gasteiger partial charge on any atom is 0.244 e. The lowest BCUT2D eigenvalue weighted by molar-refractivity contribution is -0.122. The van der Waals surface area contributed by atoms with Crippen LogP contribution in [0, 0.1) is 0 Å². The van der Waals surface area contributed by atoms with E-state index in [0.717, 1.165) is 37.9 Å². The second kappa shape index (κ2) is 6.18. The van der Waals surface area contributed by atoms with Crippen molar-refractivity contribution >= 4 is 11.6 Å². The highest BCUT2D eigenvalue weighted by molar-refractivity contribution is 5.99. The molecule has 1 aliphatic heterocycles. The minimum absolute atomic E-state index is 0.0187. The number of nitrogens with one attached hydrogen (secondary N) is 2. The van der Waals surface area contributed by atoms with E-state index in [1.54, 1.807) is 0 Å². The van der Waals surface area contributed by atoms with Crippen LogP contribution in [0.15, 0.2) is 24.3 Å². The maximum absolute atomic E-state index is 12.8. The summed E-state index contributed by atoms with van der Waals surface area (Å²) in [5, 5.41) is 6.62. The SMILES string of the molecule is CCCC1(C(=O)Nc2ccccc2C(C)(C)C)CCCN1. The predicted molar refractivity (Wildman–Crippen MR) is 88.6 cm³/mol. The van der Waals surface area contributed by atoms with Gasteiger partial charge in [-0.2, -0.15) is 0 Å². The van der Waals surface area contributed by atoms with Gasteiger partial charge in [-0.25, -0.2) is 0 Å². The Bertz CT molecular complexity index is 496. The molecule has 0 aromatic heterocycles. The van der Waals surface area contributed by atoms with Gasteiger partial charge >= 0.3 is 0 Å². The van der Waals surface area contributed by atoms with E-state index in [2.05, 4.69) is 44.4 Å². The van der Waals surface area contributed by atoms with Gasteiger partial charge in [0.15, 0.2) is 0 Å². The van der Waals surface area contributed by atoms with E-state index in [4.69, 9.17) is 0 Å². The Labute approximate surface area is 128 Å². The van der Waals surface area contributed by atoms with Gasteiger partial charge in [0, 0.05) is 5.69 Å². The number of carbonyl (C=O) groups is 1. The van der Waals surface area contributed by atoms with Crippen molar-refractivity contribution < 1.29 is 4.79 Å². The second-order valence-corrected chi connectivity index (χ2v) is 7.11. The summed E-state index contributed by atoms with van der Waals surface area (Å²) in [6.45, 7) is 9.60. The van der Waals surface area contributed by atoms with Crippen molar-refractivity contribution in [3.63, 3.8) is 0 Å². The van der Waals surface area contributed by atoms with Crippen LogP contribution in [0.5, 0.6) is 0 Å². The number of carbonyl (C=O) groups excluding carboxylic acids is 1. The number of anilines is 1. The van der Waals surface area contributed by atoms with E-state index in [0.29, 0.717) is 0 Å². The number of amides is 1. The van der Waals surface area contributed by atoms with Crippen molar-refractivity contribution in [2.75, 3.05) is 11.9 Å². The Morgan fingerprint density at radius 3 is 2.62 bits per heavy atom. The lowest BCUT2D eigenvalue weighted by Gasteiger charge is -2.30. The summed E-state index contributed by atoms with van der Waals surface area (Å²) in [7, 11) is 0. The molecule has 3 heteroatoms. The molecule has 1 aliphatic rings. The van der Waals surface area contributed by atoms with Gasteiger partial charge < -0.3 is 10.6 Å².